The minimum Gasteiger partial charge on any atom is -0.376 e. The van der Waals surface area contributed by atoms with E-state index in [0.29, 0.717) is 26.0 Å². The Balaban J connectivity index is 1.62. The van der Waals surface area contributed by atoms with Gasteiger partial charge in [0.15, 0.2) is 0 Å². The van der Waals surface area contributed by atoms with E-state index >= 15 is 0 Å². The van der Waals surface area contributed by atoms with Crippen LogP contribution in [0.3, 0.4) is 0 Å². The van der Waals surface area contributed by atoms with Gasteiger partial charge in [0.2, 0.25) is 5.91 Å². The zero-order chi connectivity index (χ0) is 22.1. The molecule has 2 saturated heterocycles. The number of hydrogen-bond donors (Lipinski definition) is 1. The lowest BCUT2D eigenvalue weighted by atomic mass is 9.89. The first kappa shape index (κ1) is 22.1. The number of halogens is 3. The summed E-state index contributed by atoms with van der Waals surface area (Å²) in [5, 5.41) is 2.81. The molecule has 2 aliphatic heterocycles. The van der Waals surface area contributed by atoms with Crippen molar-refractivity contribution in [2.45, 2.75) is 69.0 Å². The summed E-state index contributed by atoms with van der Waals surface area (Å²) in [6.07, 6.45) is 0.549. The number of carbonyl (C=O) groups is 2. The third kappa shape index (κ3) is 4.43. The molecule has 4 rings (SSSR count). The van der Waals surface area contributed by atoms with Crippen LogP contribution in [0.5, 0.6) is 0 Å². The first-order valence-electron chi connectivity index (χ1n) is 10.8. The van der Waals surface area contributed by atoms with E-state index in [4.69, 9.17) is 9.47 Å². The van der Waals surface area contributed by atoms with E-state index in [-0.39, 0.29) is 12.7 Å². The molecule has 3 fully saturated rings. The molecule has 9 heteroatoms. The number of nitrogens with zero attached hydrogens (tertiary/aromatic N) is 1. The van der Waals surface area contributed by atoms with Crippen molar-refractivity contribution in [2.24, 2.45) is 0 Å². The van der Waals surface area contributed by atoms with E-state index in [2.05, 4.69) is 5.32 Å². The SMILES string of the molecule is O=C(NCC1CCCO1)C1COC2(CCCCC2)N1C(=O)c1ccccc1C(F)(F)F. The number of benzene rings is 1. The third-order valence-electron chi connectivity index (χ3n) is 6.41. The Morgan fingerprint density at radius 3 is 2.55 bits per heavy atom. The van der Waals surface area contributed by atoms with Crippen molar-refractivity contribution in [2.75, 3.05) is 19.8 Å². The van der Waals surface area contributed by atoms with E-state index < -0.39 is 40.9 Å². The summed E-state index contributed by atoms with van der Waals surface area (Å²) in [5.74, 6) is -1.24. The Bertz CT molecular complexity index is 817. The summed E-state index contributed by atoms with van der Waals surface area (Å²) >= 11 is 0. The predicted octanol–water partition coefficient (Wildman–Crippen LogP) is 3.50. The van der Waals surface area contributed by atoms with Gasteiger partial charge in [0.1, 0.15) is 11.8 Å². The lowest BCUT2D eigenvalue weighted by Gasteiger charge is -2.41. The van der Waals surface area contributed by atoms with Crippen LogP contribution in [0.15, 0.2) is 24.3 Å². The van der Waals surface area contributed by atoms with Crippen LogP contribution in [0.2, 0.25) is 0 Å². The highest BCUT2D eigenvalue weighted by Gasteiger charge is 2.53. The lowest BCUT2D eigenvalue weighted by molar-refractivity contribution is -0.138. The second kappa shape index (κ2) is 8.78. The fourth-order valence-electron chi connectivity index (χ4n) is 4.86. The van der Waals surface area contributed by atoms with E-state index in [9.17, 15) is 22.8 Å². The number of rotatable bonds is 4. The molecule has 6 nitrogen and oxygen atoms in total. The molecule has 1 N–H and O–H groups in total. The molecule has 2 amide bonds. The van der Waals surface area contributed by atoms with E-state index in [1.54, 1.807) is 0 Å². The Morgan fingerprint density at radius 1 is 1.13 bits per heavy atom. The Hall–Kier alpha value is -2.13. The summed E-state index contributed by atoms with van der Waals surface area (Å²) in [7, 11) is 0. The second-order valence-corrected chi connectivity index (χ2v) is 8.43. The molecule has 0 aromatic heterocycles. The molecule has 1 spiro atoms. The molecule has 0 bridgehead atoms. The van der Waals surface area contributed by atoms with Crippen molar-refractivity contribution < 1.29 is 32.2 Å². The van der Waals surface area contributed by atoms with Crippen LogP contribution in [0.4, 0.5) is 13.2 Å². The maximum absolute atomic E-state index is 13.6. The van der Waals surface area contributed by atoms with Gasteiger partial charge < -0.3 is 14.8 Å². The second-order valence-electron chi connectivity index (χ2n) is 8.43. The topological polar surface area (TPSA) is 67.9 Å². The van der Waals surface area contributed by atoms with E-state index in [0.717, 1.165) is 38.2 Å². The summed E-state index contributed by atoms with van der Waals surface area (Å²) < 4.78 is 52.3. The van der Waals surface area contributed by atoms with Crippen LogP contribution in [-0.2, 0) is 20.4 Å². The van der Waals surface area contributed by atoms with Crippen molar-refractivity contribution in [3.63, 3.8) is 0 Å². The molecule has 1 aromatic rings. The molecule has 2 heterocycles. The van der Waals surface area contributed by atoms with Gasteiger partial charge in [-0.1, -0.05) is 18.6 Å². The standard InChI is InChI=1S/C22H27F3N2O4/c23-22(24,25)17-9-3-2-8-16(17)20(29)27-18(14-31-21(27)10-4-1-5-11-21)19(28)26-13-15-7-6-12-30-15/h2-3,8-9,15,18H,1,4-7,10-14H2,(H,26,28). The first-order valence-corrected chi connectivity index (χ1v) is 10.8. The van der Waals surface area contributed by atoms with Gasteiger partial charge in [-0.3, -0.25) is 14.5 Å². The third-order valence-corrected chi connectivity index (χ3v) is 6.41. The van der Waals surface area contributed by atoms with E-state index in [1.807, 2.05) is 0 Å². The van der Waals surface area contributed by atoms with Gasteiger partial charge in [0, 0.05) is 13.2 Å². The van der Waals surface area contributed by atoms with Gasteiger partial charge in [0.05, 0.1) is 23.8 Å². The lowest BCUT2D eigenvalue weighted by Crippen LogP contribution is -2.57. The Kier molecular flexibility index (Phi) is 6.25. The molecule has 1 aliphatic carbocycles. The molecule has 2 unspecified atom stereocenters. The molecular formula is C22H27F3N2O4. The highest BCUT2D eigenvalue weighted by Crippen LogP contribution is 2.42. The number of ether oxygens (including phenoxy) is 2. The summed E-state index contributed by atoms with van der Waals surface area (Å²) in [6, 6.07) is 3.74. The van der Waals surface area contributed by atoms with Crippen LogP contribution in [-0.4, -0.2) is 54.3 Å². The van der Waals surface area contributed by atoms with Gasteiger partial charge in [0.25, 0.3) is 5.91 Å². The van der Waals surface area contributed by atoms with Crippen LogP contribution in [0.25, 0.3) is 0 Å². The fraction of sp³-hybridized carbons (Fsp3) is 0.636. The summed E-state index contributed by atoms with van der Waals surface area (Å²) in [5.41, 5.74) is -2.50. The molecule has 1 saturated carbocycles. The van der Waals surface area contributed by atoms with Gasteiger partial charge in [-0.05, 0) is 50.7 Å². The number of alkyl halides is 3. The van der Waals surface area contributed by atoms with Crippen molar-refractivity contribution in [1.29, 1.82) is 0 Å². The van der Waals surface area contributed by atoms with Gasteiger partial charge in [-0.25, -0.2) is 0 Å². The normalized spacial score (nSPS) is 25.7. The molecule has 0 radical (unpaired) electrons. The zero-order valence-electron chi connectivity index (χ0n) is 17.2. The molecular weight excluding hydrogens is 413 g/mol. The van der Waals surface area contributed by atoms with Gasteiger partial charge >= 0.3 is 6.18 Å². The Morgan fingerprint density at radius 2 is 1.87 bits per heavy atom. The highest BCUT2D eigenvalue weighted by molar-refractivity contribution is 5.99. The zero-order valence-corrected chi connectivity index (χ0v) is 17.2. The maximum atomic E-state index is 13.6. The van der Waals surface area contributed by atoms with Crippen LogP contribution < -0.4 is 5.32 Å². The number of carbonyl (C=O) groups excluding carboxylic acids is 2. The number of amides is 2. The quantitative estimate of drug-likeness (QED) is 0.778. The molecule has 2 atom stereocenters. The molecule has 3 aliphatic rings. The largest absolute Gasteiger partial charge is 0.417 e. The average molecular weight is 440 g/mol. The molecule has 170 valence electrons. The van der Waals surface area contributed by atoms with E-state index in [1.165, 1.54) is 23.1 Å². The molecule has 31 heavy (non-hydrogen) atoms. The van der Waals surface area contributed by atoms with Crippen LogP contribution >= 0.6 is 0 Å². The van der Waals surface area contributed by atoms with Gasteiger partial charge in [-0.2, -0.15) is 13.2 Å². The van der Waals surface area contributed by atoms with Crippen molar-refractivity contribution in [3.05, 3.63) is 35.4 Å². The highest BCUT2D eigenvalue weighted by atomic mass is 19.4. The summed E-state index contributed by atoms with van der Waals surface area (Å²) in [4.78, 5) is 27.8. The minimum atomic E-state index is -4.68. The maximum Gasteiger partial charge on any atom is 0.417 e. The van der Waals surface area contributed by atoms with Crippen LogP contribution in [0.1, 0.15) is 60.9 Å². The number of nitrogens with one attached hydrogen (secondary N) is 1. The van der Waals surface area contributed by atoms with Crippen molar-refractivity contribution in [3.8, 4) is 0 Å². The predicted molar refractivity (Wildman–Crippen MR) is 105 cm³/mol. The minimum absolute atomic E-state index is 0.0305. The van der Waals surface area contributed by atoms with Gasteiger partial charge in [-0.15, -0.1) is 0 Å². The smallest absolute Gasteiger partial charge is 0.376 e. The van der Waals surface area contributed by atoms with Crippen molar-refractivity contribution in [1.82, 2.24) is 10.2 Å². The molecule has 1 aromatic carbocycles. The monoisotopic (exact) mass is 440 g/mol. The average Bonchev–Trinajstić information content (AvgIpc) is 3.40. The first-order chi connectivity index (χ1) is 14.8. The number of hydrogen-bond acceptors (Lipinski definition) is 4. The van der Waals surface area contributed by atoms with Crippen molar-refractivity contribution >= 4 is 11.8 Å². The summed E-state index contributed by atoms with van der Waals surface area (Å²) in [6.45, 7) is 0.926. The fourth-order valence-corrected chi connectivity index (χ4v) is 4.86. The van der Waals surface area contributed by atoms with Crippen LogP contribution in [0, 0.1) is 0 Å². The Labute approximate surface area is 179 Å².